The summed E-state index contributed by atoms with van der Waals surface area (Å²) in [6.07, 6.45) is 14.0. The van der Waals surface area contributed by atoms with Crippen molar-refractivity contribution in [3.05, 3.63) is 36.1 Å². The van der Waals surface area contributed by atoms with Crippen LogP contribution in [0.25, 0.3) is 0 Å². The first-order valence-corrected chi connectivity index (χ1v) is 4.06. The molecule has 0 aromatic heterocycles. The summed E-state index contributed by atoms with van der Waals surface area (Å²) in [7, 11) is 0. The molecule has 56 valence electrons. The quantitative estimate of drug-likeness (QED) is 0.538. The number of aliphatic imine (C=N–C) groups is 1. The Bertz CT molecular complexity index is 267. The highest BCUT2D eigenvalue weighted by molar-refractivity contribution is 5.97. The van der Waals surface area contributed by atoms with E-state index < -0.39 is 0 Å². The fourth-order valence-corrected chi connectivity index (χ4v) is 1.32. The Balaban J connectivity index is 2.13. The minimum atomic E-state index is 1.05. The lowest BCUT2D eigenvalue weighted by Gasteiger charge is -1.92. The summed E-state index contributed by atoms with van der Waals surface area (Å²) in [5, 5.41) is 0. The number of rotatable bonds is 1. The average molecular weight is 145 g/mol. The number of nitrogens with zero attached hydrogens (tertiary/aromatic N) is 1. The van der Waals surface area contributed by atoms with Crippen LogP contribution in [-0.2, 0) is 0 Å². The minimum absolute atomic E-state index is 1.05. The van der Waals surface area contributed by atoms with Gasteiger partial charge in [-0.1, -0.05) is 18.2 Å². The molecule has 0 spiro atoms. The van der Waals surface area contributed by atoms with Crippen molar-refractivity contribution in [3.63, 3.8) is 0 Å². The van der Waals surface area contributed by atoms with Gasteiger partial charge in [-0.15, -0.1) is 0 Å². The van der Waals surface area contributed by atoms with Crippen LogP contribution in [0.1, 0.15) is 19.3 Å². The summed E-state index contributed by atoms with van der Waals surface area (Å²) in [4.78, 5) is 4.48. The predicted octanol–water partition coefficient (Wildman–Crippen LogP) is 2.62. The van der Waals surface area contributed by atoms with Crippen LogP contribution in [0.3, 0.4) is 0 Å². The van der Waals surface area contributed by atoms with Crippen molar-refractivity contribution >= 4 is 5.71 Å². The molecule has 2 aliphatic carbocycles. The third-order valence-corrected chi connectivity index (χ3v) is 1.90. The summed E-state index contributed by atoms with van der Waals surface area (Å²) in [5.74, 6) is 0. The molecule has 0 heterocycles. The first-order valence-electron chi connectivity index (χ1n) is 4.06. The summed E-state index contributed by atoms with van der Waals surface area (Å²) in [5.41, 5.74) is 2.36. The molecule has 0 unspecified atom stereocenters. The maximum atomic E-state index is 4.48. The van der Waals surface area contributed by atoms with Crippen molar-refractivity contribution in [2.24, 2.45) is 4.99 Å². The normalized spacial score (nSPS) is 25.1. The largest absolute Gasteiger partial charge is 0.254 e. The van der Waals surface area contributed by atoms with Crippen LogP contribution in [0, 0.1) is 0 Å². The standard InChI is InChI=1S/C10H11N/c1-2-6-9(5-1)11-10-7-3-4-8-10/h1,3,5-7H,2,4,8H2. The Morgan fingerprint density at radius 1 is 1.18 bits per heavy atom. The maximum absolute atomic E-state index is 4.48. The van der Waals surface area contributed by atoms with E-state index >= 15 is 0 Å². The van der Waals surface area contributed by atoms with Crippen LogP contribution < -0.4 is 0 Å². The van der Waals surface area contributed by atoms with E-state index in [0.717, 1.165) is 25.0 Å². The molecule has 0 aromatic rings. The summed E-state index contributed by atoms with van der Waals surface area (Å²) >= 11 is 0. The molecule has 0 bridgehead atoms. The molecule has 0 saturated carbocycles. The van der Waals surface area contributed by atoms with E-state index in [9.17, 15) is 0 Å². The van der Waals surface area contributed by atoms with Crippen LogP contribution >= 0.6 is 0 Å². The van der Waals surface area contributed by atoms with Gasteiger partial charge in [-0.05, 0) is 31.4 Å². The third-order valence-electron chi connectivity index (χ3n) is 1.90. The Morgan fingerprint density at radius 2 is 2.18 bits per heavy atom. The molecule has 0 N–H and O–H groups in total. The highest BCUT2D eigenvalue weighted by Crippen LogP contribution is 2.14. The van der Waals surface area contributed by atoms with E-state index in [1.807, 2.05) is 0 Å². The van der Waals surface area contributed by atoms with E-state index in [-0.39, 0.29) is 0 Å². The zero-order chi connectivity index (χ0) is 7.52. The summed E-state index contributed by atoms with van der Waals surface area (Å²) in [6, 6.07) is 0. The number of hydrogen-bond donors (Lipinski definition) is 0. The van der Waals surface area contributed by atoms with Crippen molar-refractivity contribution in [1.82, 2.24) is 0 Å². The van der Waals surface area contributed by atoms with E-state index in [2.05, 4.69) is 35.4 Å². The molecule has 0 amide bonds. The minimum Gasteiger partial charge on any atom is -0.254 e. The lowest BCUT2D eigenvalue weighted by Crippen LogP contribution is -1.86. The second kappa shape index (κ2) is 2.87. The first-order chi connectivity index (χ1) is 5.45. The van der Waals surface area contributed by atoms with Gasteiger partial charge in [0.2, 0.25) is 0 Å². The molecule has 0 aromatic carbocycles. The van der Waals surface area contributed by atoms with Gasteiger partial charge in [0.15, 0.2) is 0 Å². The molecule has 1 nitrogen and oxygen atoms in total. The molecule has 11 heavy (non-hydrogen) atoms. The fourth-order valence-electron chi connectivity index (χ4n) is 1.32. The SMILES string of the molecule is C1=CC(N=C2C=CCC2)=CC1. The van der Waals surface area contributed by atoms with Crippen molar-refractivity contribution in [3.8, 4) is 0 Å². The topological polar surface area (TPSA) is 12.4 Å². The van der Waals surface area contributed by atoms with Crippen molar-refractivity contribution < 1.29 is 0 Å². The van der Waals surface area contributed by atoms with Crippen LogP contribution in [0.4, 0.5) is 0 Å². The van der Waals surface area contributed by atoms with Gasteiger partial charge in [0.1, 0.15) is 0 Å². The monoisotopic (exact) mass is 145 g/mol. The number of hydrogen-bond acceptors (Lipinski definition) is 1. The smallest absolute Gasteiger partial charge is 0.0593 e. The van der Waals surface area contributed by atoms with E-state index in [0.29, 0.717) is 0 Å². The average Bonchev–Trinajstić information content (AvgIpc) is 2.60. The maximum Gasteiger partial charge on any atom is 0.0593 e. The Morgan fingerprint density at radius 3 is 2.82 bits per heavy atom. The fraction of sp³-hybridized carbons (Fsp3) is 0.300. The molecule has 0 atom stereocenters. The molecule has 0 radical (unpaired) electrons. The van der Waals surface area contributed by atoms with Gasteiger partial charge < -0.3 is 0 Å². The molecule has 1 heteroatoms. The van der Waals surface area contributed by atoms with Gasteiger partial charge in [-0.25, -0.2) is 0 Å². The Hall–Kier alpha value is -1.11. The molecule has 2 rings (SSSR count). The molecule has 2 aliphatic rings. The highest BCUT2D eigenvalue weighted by Gasteiger charge is 2.01. The molecular formula is C10H11N. The van der Waals surface area contributed by atoms with E-state index in [4.69, 9.17) is 0 Å². The molecule has 0 aliphatic heterocycles. The van der Waals surface area contributed by atoms with Crippen LogP contribution in [0.15, 0.2) is 41.1 Å². The summed E-state index contributed by atoms with van der Waals surface area (Å²) < 4.78 is 0. The van der Waals surface area contributed by atoms with E-state index in [1.54, 1.807) is 0 Å². The van der Waals surface area contributed by atoms with Crippen LogP contribution in [0.5, 0.6) is 0 Å². The van der Waals surface area contributed by atoms with Gasteiger partial charge in [-0.2, -0.15) is 0 Å². The predicted molar refractivity (Wildman–Crippen MR) is 47.6 cm³/mol. The second-order valence-corrected chi connectivity index (χ2v) is 2.81. The molecule has 0 fully saturated rings. The first kappa shape index (κ1) is 6.59. The number of allylic oxidation sites excluding steroid dienone is 5. The summed E-state index contributed by atoms with van der Waals surface area (Å²) in [6.45, 7) is 0. The third kappa shape index (κ3) is 1.48. The van der Waals surface area contributed by atoms with Crippen molar-refractivity contribution in [1.29, 1.82) is 0 Å². The Labute approximate surface area is 66.8 Å². The zero-order valence-electron chi connectivity index (χ0n) is 6.46. The van der Waals surface area contributed by atoms with Crippen LogP contribution in [-0.4, -0.2) is 5.71 Å². The molecular weight excluding hydrogens is 134 g/mol. The lowest BCUT2D eigenvalue weighted by atomic mass is 10.3. The van der Waals surface area contributed by atoms with Crippen molar-refractivity contribution in [2.45, 2.75) is 19.3 Å². The Kier molecular flexibility index (Phi) is 1.72. The zero-order valence-corrected chi connectivity index (χ0v) is 6.46. The van der Waals surface area contributed by atoms with Gasteiger partial charge >= 0.3 is 0 Å². The molecule has 0 saturated heterocycles. The van der Waals surface area contributed by atoms with E-state index in [1.165, 1.54) is 5.71 Å². The highest BCUT2D eigenvalue weighted by atomic mass is 14.8. The van der Waals surface area contributed by atoms with Crippen molar-refractivity contribution in [2.75, 3.05) is 0 Å². The van der Waals surface area contributed by atoms with Gasteiger partial charge in [0, 0.05) is 5.71 Å². The van der Waals surface area contributed by atoms with Gasteiger partial charge in [0.05, 0.1) is 5.70 Å². The van der Waals surface area contributed by atoms with Crippen LogP contribution in [0.2, 0.25) is 0 Å². The lowest BCUT2D eigenvalue weighted by molar-refractivity contribution is 1.13. The van der Waals surface area contributed by atoms with Gasteiger partial charge in [-0.3, -0.25) is 4.99 Å². The van der Waals surface area contributed by atoms with Gasteiger partial charge in [0.25, 0.3) is 0 Å². The second-order valence-electron chi connectivity index (χ2n) is 2.81.